The van der Waals surface area contributed by atoms with E-state index in [4.69, 9.17) is 0 Å². The number of H-pyrrole nitrogens is 1. The fourth-order valence-corrected chi connectivity index (χ4v) is 2.26. The van der Waals surface area contributed by atoms with Gasteiger partial charge in [-0.2, -0.15) is 5.10 Å². The molecule has 92 valence electrons. The van der Waals surface area contributed by atoms with Crippen LogP contribution in [-0.4, -0.2) is 49.0 Å². The van der Waals surface area contributed by atoms with E-state index in [0.717, 1.165) is 0 Å². The highest BCUT2D eigenvalue weighted by Crippen LogP contribution is 1.96. The van der Waals surface area contributed by atoms with Crippen LogP contribution >= 0.6 is 0 Å². The Balaban J connectivity index is 2.36. The van der Waals surface area contributed by atoms with Gasteiger partial charge in [0.1, 0.15) is 12.2 Å². The van der Waals surface area contributed by atoms with Gasteiger partial charge in [0, 0.05) is 19.5 Å². The van der Waals surface area contributed by atoms with Crippen molar-refractivity contribution in [3.8, 4) is 0 Å². The topological polar surface area (TPSA) is 99.8 Å². The summed E-state index contributed by atoms with van der Waals surface area (Å²) in [7, 11) is -1.53. The van der Waals surface area contributed by atoms with Crippen LogP contribution in [0.1, 0.15) is 12.7 Å². The molecule has 1 aromatic rings. The molecule has 3 N–H and O–H groups in total. The smallest absolute Gasteiger partial charge is 0.215 e. The normalized spacial score (nSPS) is 13.9. The molecule has 16 heavy (non-hydrogen) atoms. The van der Waals surface area contributed by atoms with Crippen LogP contribution in [0.3, 0.4) is 0 Å². The van der Waals surface area contributed by atoms with Crippen LogP contribution in [0, 0.1) is 0 Å². The average Bonchev–Trinajstić information content (AvgIpc) is 2.70. The summed E-state index contributed by atoms with van der Waals surface area (Å²) in [6.07, 6.45) is 1.90. The van der Waals surface area contributed by atoms with E-state index in [1.807, 2.05) is 0 Å². The predicted octanol–water partition coefficient (Wildman–Crippen LogP) is -1.13. The van der Waals surface area contributed by atoms with Gasteiger partial charge in [0.15, 0.2) is 0 Å². The molecular formula is C8H17N5O2S. The zero-order valence-corrected chi connectivity index (χ0v) is 10.2. The largest absolute Gasteiger partial charge is 0.318 e. The third-order valence-electron chi connectivity index (χ3n) is 2.15. The van der Waals surface area contributed by atoms with E-state index in [-0.39, 0.29) is 0 Å². The first kappa shape index (κ1) is 13.1. The van der Waals surface area contributed by atoms with E-state index in [1.54, 1.807) is 14.0 Å². The van der Waals surface area contributed by atoms with Crippen molar-refractivity contribution >= 4 is 10.0 Å². The molecule has 0 fully saturated rings. The zero-order chi connectivity index (χ0) is 12.0. The first-order valence-electron chi connectivity index (χ1n) is 5.03. The van der Waals surface area contributed by atoms with Crippen molar-refractivity contribution in [2.24, 2.45) is 0 Å². The number of aromatic amines is 1. The Bertz CT molecular complexity index is 389. The molecule has 0 saturated heterocycles. The molecule has 1 heterocycles. The van der Waals surface area contributed by atoms with E-state index in [1.165, 1.54) is 6.33 Å². The summed E-state index contributed by atoms with van der Waals surface area (Å²) in [4.78, 5) is 3.90. The number of sulfonamides is 1. The number of hydrogen-bond donors (Lipinski definition) is 3. The van der Waals surface area contributed by atoms with Crippen LogP contribution in [0.4, 0.5) is 0 Å². The van der Waals surface area contributed by atoms with Gasteiger partial charge in [-0.05, 0) is 14.0 Å². The van der Waals surface area contributed by atoms with Gasteiger partial charge in [0.2, 0.25) is 10.0 Å². The summed E-state index contributed by atoms with van der Waals surface area (Å²) < 4.78 is 25.8. The summed E-state index contributed by atoms with van der Waals surface area (Å²) in [6, 6.07) is 0. The van der Waals surface area contributed by atoms with Gasteiger partial charge >= 0.3 is 0 Å². The van der Waals surface area contributed by atoms with E-state index in [0.29, 0.717) is 25.3 Å². The molecule has 1 aromatic heterocycles. The standard InChI is InChI=1S/C8H17N5O2S/c1-7(5-9-2)16(14,15)12-4-3-8-10-6-11-13-8/h6-7,9,12H,3-5H2,1-2H3,(H,10,11,13). The summed E-state index contributed by atoms with van der Waals surface area (Å²) in [6.45, 7) is 2.41. The van der Waals surface area contributed by atoms with Gasteiger partial charge in [-0.15, -0.1) is 0 Å². The lowest BCUT2D eigenvalue weighted by atomic mass is 10.4. The zero-order valence-electron chi connectivity index (χ0n) is 9.40. The van der Waals surface area contributed by atoms with E-state index in [9.17, 15) is 8.42 Å². The van der Waals surface area contributed by atoms with Crippen LogP contribution in [-0.2, 0) is 16.4 Å². The number of nitrogens with zero attached hydrogens (tertiary/aromatic N) is 2. The number of rotatable bonds is 7. The highest BCUT2D eigenvalue weighted by atomic mass is 32.2. The Morgan fingerprint density at radius 2 is 2.31 bits per heavy atom. The van der Waals surface area contributed by atoms with E-state index < -0.39 is 15.3 Å². The first-order chi connectivity index (χ1) is 7.56. The van der Waals surface area contributed by atoms with Gasteiger partial charge < -0.3 is 5.32 Å². The summed E-state index contributed by atoms with van der Waals surface area (Å²) in [5.41, 5.74) is 0. The molecule has 0 aliphatic rings. The second-order valence-corrected chi connectivity index (χ2v) is 5.67. The molecule has 1 rings (SSSR count). The number of hydrogen-bond acceptors (Lipinski definition) is 5. The van der Waals surface area contributed by atoms with Crippen molar-refractivity contribution in [3.63, 3.8) is 0 Å². The van der Waals surface area contributed by atoms with Crippen LogP contribution in [0.2, 0.25) is 0 Å². The van der Waals surface area contributed by atoms with Crippen LogP contribution in [0.25, 0.3) is 0 Å². The maximum Gasteiger partial charge on any atom is 0.215 e. The third kappa shape index (κ3) is 3.87. The molecular weight excluding hydrogens is 230 g/mol. The second-order valence-electron chi connectivity index (χ2n) is 3.49. The number of aromatic nitrogens is 3. The maximum absolute atomic E-state index is 11.7. The predicted molar refractivity (Wildman–Crippen MR) is 60.4 cm³/mol. The van der Waals surface area contributed by atoms with Crippen molar-refractivity contribution in [1.82, 2.24) is 25.2 Å². The lowest BCUT2D eigenvalue weighted by molar-refractivity contribution is 0.563. The highest BCUT2D eigenvalue weighted by Gasteiger charge is 2.18. The summed E-state index contributed by atoms with van der Waals surface area (Å²) >= 11 is 0. The molecule has 0 saturated carbocycles. The quantitative estimate of drug-likeness (QED) is 0.566. The first-order valence-corrected chi connectivity index (χ1v) is 6.58. The van der Waals surface area contributed by atoms with Crippen molar-refractivity contribution in [3.05, 3.63) is 12.2 Å². The minimum absolute atomic E-state index is 0.325. The molecule has 1 unspecified atom stereocenters. The van der Waals surface area contributed by atoms with Crippen molar-refractivity contribution in [2.75, 3.05) is 20.1 Å². The van der Waals surface area contributed by atoms with Gasteiger partial charge in [-0.3, -0.25) is 5.10 Å². The van der Waals surface area contributed by atoms with E-state index >= 15 is 0 Å². The summed E-state index contributed by atoms with van der Waals surface area (Å²) in [5.74, 6) is 0.670. The van der Waals surface area contributed by atoms with Crippen molar-refractivity contribution in [2.45, 2.75) is 18.6 Å². The van der Waals surface area contributed by atoms with Gasteiger partial charge in [-0.25, -0.2) is 18.1 Å². The molecule has 0 amide bonds. The van der Waals surface area contributed by atoms with Gasteiger partial charge in [0.25, 0.3) is 0 Å². The minimum atomic E-state index is -3.25. The molecule has 0 spiro atoms. The van der Waals surface area contributed by atoms with Crippen LogP contribution in [0.5, 0.6) is 0 Å². The van der Waals surface area contributed by atoms with Gasteiger partial charge in [0.05, 0.1) is 5.25 Å². The molecule has 0 aliphatic heterocycles. The molecule has 1 atom stereocenters. The fraction of sp³-hybridized carbons (Fsp3) is 0.750. The molecule has 8 heteroatoms. The third-order valence-corrected chi connectivity index (χ3v) is 3.98. The summed E-state index contributed by atoms with van der Waals surface area (Å²) in [5, 5.41) is 8.73. The monoisotopic (exact) mass is 247 g/mol. The Kier molecular flexibility index (Phi) is 4.84. The van der Waals surface area contributed by atoms with Gasteiger partial charge in [-0.1, -0.05) is 0 Å². The molecule has 0 bridgehead atoms. The highest BCUT2D eigenvalue weighted by molar-refractivity contribution is 7.90. The minimum Gasteiger partial charge on any atom is -0.318 e. The Morgan fingerprint density at radius 3 is 2.88 bits per heavy atom. The molecule has 0 aliphatic carbocycles. The van der Waals surface area contributed by atoms with Crippen molar-refractivity contribution in [1.29, 1.82) is 0 Å². The SMILES string of the molecule is CNCC(C)S(=O)(=O)NCCc1ncn[nH]1. The fourth-order valence-electron chi connectivity index (χ4n) is 1.20. The maximum atomic E-state index is 11.7. The van der Waals surface area contributed by atoms with Crippen LogP contribution < -0.4 is 10.0 Å². The lowest BCUT2D eigenvalue weighted by Crippen LogP contribution is -2.38. The Hall–Kier alpha value is -0.990. The van der Waals surface area contributed by atoms with E-state index in [2.05, 4.69) is 25.2 Å². The molecule has 0 radical (unpaired) electrons. The second kappa shape index (κ2) is 5.92. The molecule has 7 nitrogen and oxygen atoms in total. The molecule has 0 aromatic carbocycles. The van der Waals surface area contributed by atoms with Crippen molar-refractivity contribution < 1.29 is 8.42 Å². The Labute approximate surface area is 95.1 Å². The van der Waals surface area contributed by atoms with Crippen LogP contribution in [0.15, 0.2) is 6.33 Å². The average molecular weight is 247 g/mol. The Morgan fingerprint density at radius 1 is 1.56 bits per heavy atom. The number of nitrogens with one attached hydrogen (secondary N) is 3. The lowest BCUT2D eigenvalue weighted by Gasteiger charge is -2.12.